The van der Waals surface area contributed by atoms with Gasteiger partial charge < -0.3 is 10.1 Å². The summed E-state index contributed by atoms with van der Waals surface area (Å²) in [4.78, 5) is 18.0. The van der Waals surface area contributed by atoms with Gasteiger partial charge in [0, 0.05) is 19.5 Å². The number of carbonyl (C=O) groups excluding carboxylic acids is 1. The van der Waals surface area contributed by atoms with Gasteiger partial charge in [-0.1, -0.05) is 48.6 Å². The van der Waals surface area contributed by atoms with Crippen molar-refractivity contribution in [3.63, 3.8) is 0 Å². The molecule has 7 rings (SSSR count). The molecule has 0 spiro atoms. The van der Waals surface area contributed by atoms with Crippen LogP contribution in [0.2, 0.25) is 0 Å². The van der Waals surface area contributed by atoms with E-state index in [2.05, 4.69) is 51.5 Å². The number of hydrogen-bond donors (Lipinski definition) is 1. The normalized spacial score (nSPS) is 22.7. The average Bonchev–Trinajstić information content (AvgIpc) is 3.03. The van der Waals surface area contributed by atoms with Crippen LogP contribution in [0.4, 0.5) is 8.78 Å². The van der Waals surface area contributed by atoms with Crippen molar-refractivity contribution < 1.29 is 18.3 Å². The molecule has 4 aliphatic heterocycles. The quantitative estimate of drug-likeness (QED) is 0.297. The van der Waals surface area contributed by atoms with Gasteiger partial charge in [-0.25, -0.2) is 8.78 Å². The Kier molecular flexibility index (Phi) is 9.49. The number of ether oxygens (including phenoxy) is 1. The van der Waals surface area contributed by atoms with E-state index in [0.29, 0.717) is 24.4 Å². The molecule has 4 aliphatic rings. The van der Waals surface area contributed by atoms with Crippen molar-refractivity contribution in [2.45, 2.75) is 44.2 Å². The maximum atomic E-state index is 13.5. The zero-order valence-corrected chi connectivity index (χ0v) is 24.6. The van der Waals surface area contributed by atoms with E-state index in [1.807, 2.05) is 0 Å². The van der Waals surface area contributed by atoms with Crippen molar-refractivity contribution in [1.82, 2.24) is 15.1 Å². The molecular formula is C36H41F2N3O2. The number of benzene rings is 3. The zero-order chi connectivity index (χ0) is 29.6. The third-order valence-electron chi connectivity index (χ3n) is 9.33. The van der Waals surface area contributed by atoms with Gasteiger partial charge in [-0.2, -0.15) is 0 Å². The van der Waals surface area contributed by atoms with E-state index in [4.69, 9.17) is 4.74 Å². The van der Waals surface area contributed by atoms with Crippen LogP contribution in [0.15, 0.2) is 78.9 Å². The van der Waals surface area contributed by atoms with Gasteiger partial charge >= 0.3 is 0 Å². The monoisotopic (exact) mass is 585 g/mol. The first-order valence-electron chi connectivity index (χ1n) is 15.7. The second kappa shape index (κ2) is 13.8. The molecular weight excluding hydrogens is 544 g/mol. The lowest BCUT2D eigenvalue weighted by Crippen LogP contribution is -2.52. The average molecular weight is 586 g/mol. The molecule has 3 aromatic rings. The van der Waals surface area contributed by atoms with Gasteiger partial charge in [0.1, 0.15) is 23.5 Å². The maximum absolute atomic E-state index is 13.5. The summed E-state index contributed by atoms with van der Waals surface area (Å²) in [5.74, 6) is 1.25. The summed E-state index contributed by atoms with van der Waals surface area (Å²) in [7, 11) is 0. The third kappa shape index (κ3) is 7.89. The molecule has 4 fully saturated rings. The summed E-state index contributed by atoms with van der Waals surface area (Å²) >= 11 is 0. The molecule has 0 saturated carbocycles. The fraction of sp³-hybridized carbons (Fsp3) is 0.417. The number of piperidine rings is 4. The lowest BCUT2D eigenvalue weighted by atomic mass is 9.86. The largest absolute Gasteiger partial charge is 0.489 e. The molecule has 4 heterocycles. The first kappa shape index (κ1) is 29.5. The van der Waals surface area contributed by atoms with Crippen molar-refractivity contribution in [2.24, 2.45) is 11.8 Å². The molecule has 0 aliphatic carbocycles. The topological polar surface area (TPSA) is 44.8 Å². The van der Waals surface area contributed by atoms with Crippen LogP contribution >= 0.6 is 0 Å². The van der Waals surface area contributed by atoms with Crippen molar-refractivity contribution in [3.8, 4) is 5.75 Å². The van der Waals surface area contributed by atoms with E-state index in [1.165, 1.54) is 55.8 Å². The Balaban J connectivity index is 0.945. The molecule has 2 bridgehead atoms. The number of nitrogens with one attached hydrogen (secondary N) is 1. The number of carbonyl (C=O) groups is 1. The highest BCUT2D eigenvalue weighted by molar-refractivity contribution is 5.77. The van der Waals surface area contributed by atoms with Crippen molar-refractivity contribution in [1.29, 1.82) is 0 Å². The molecule has 0 radical (unpaired) electrons. The molecule has 7 heteroatoms. The van der Waals surface area contributed by atoms with E-state index in [-0.39, 0.29) is 17.5 Å². The predicted octanol–water partition coefficient (Wildman–Crippen LogP) is 6.46. The van der Waals surface area contributed by atoms with Gasteiger partial charge in [0.05, 0.1) is 6.04 Å². The summed E-state index contributed by atoms with van der Waals surface area (Å²) in [6, 6.07) is 20.1. The number of rotatable bonds is 10. The molecule has 1 N–H and O–H groups in total. The van der Waals surface area contributed by atoms with Crippen LogP contribution in [0.3, 0.4) is 0 Å². The summed E-state index contributed by atoms with van der Waals surface area (Å²) < 4.78 is 33.4. The first-order valence-corrected chi connectivity index (χ1v) is 15.7. The van der Waals surface area contributed by atoms with Crippen LogP contribution in [0.1, 0.15) is 54.8 Å². The van der Waals surface area contributed by atoms with Gasteiger partial charge in [0.15, 0.2) is 0 Å². The lowest BCUT2D eigenvalue weighted by Gasteiger charge is -2.44. The van der Waals surface area contributed by atoms with Gasteiger partial charge in [0.25, 0.3) is 0 Å². The molecule has 4 saturated heterocycles. The minimum absolute atomic E-state index is 0.0436. The molecule has 1 atom stereocenters. The summed E-state index contributed by atoms with van der Waals surface area (Å²) in [6.45, 7) is 6.29. The second-order valence-electron chi connectivity index (χ2n) is 12.3. The van der Waals surface area contributed by atoms with Crippen molar-refractivity contribution in [2.75, 3.05) is 39.3 Å². The van der Waals surface area contributed by atoms with Gasteiger partial charge in [0.2, 0.25) is 5.91 Å². The summed E-state index contributed by atoms with van der Waals surface area (Å²) in [6.07, 6.45) is 9.58. The Morgan fingerprint density at radius 2 is 1.44 bits per heavy atom. The van der Waals surface area contributed by atoms with Crippen LogP contribution in [0.25, 0.3) is 6.08 Å². The molecule has 1 amide bonds. The van der Waals surface area contributed by atoms with E-state index >= 15 is 0 Å². The Hall–Kier alpha value is -3.55. The molecule has 226 valence electrons. The highest BCUT2D eigenvalue weighted by Crippen LogP contribution is 2.31. The highest BCUT2D eigenvalue weighted by atomic mass is 19.1. The fourth-order valence-corrected chi connectivity index (χ4v) is 6.74. The minimum Gasteiger partial charge on any atom is -0.489 e. The molecule has 43 heavy (non-hydrogen) atoms. The van der Waals surface area contributed by atoms with E-state index < -0.39 is 6.04 Å². The number of amides is 1. The molecule has 3 aromatic carbocycles. The first-order chi connectivity index (χ1) is 21.0. The number of likely N-dealkylation sites (tertiary alicyclic amines) is 1. The van der Waals surface area contributed by atoms with Crippen molar-refractivity contribution >= 4 is 12.0 Å². The van der Waals surface area contributed by atoms with Crippen LogP contribution in [0.5, 0.6) is 5.75 Å². The Morgan fingerprint density at radius 3 is 2.00 bits per heavy atom. The molecule has 5 nitrogen and oxygen atoms in total. The highest BCUT2D eigenvalue weighted by Gasteiger charge is 2.35. The molecule has 1 unspecified atom stereocenters. The van der Waals surface area contributed by atoms with Crippen LogP contribution < -0.4 is 10.1 Å². The number of nitrogens with zero attached hydrogens (tertiary/aromatic N) is 2. The summed E-state index contributed by atoms with van der Waals surface area (Å²) in [5, 5.41) is 3.11. The smallest absolute Gasteiger partial charge is 0.221 e. The van der Waals surface area contributed by atoms with E-state index in [0.717, 1.165) is 55.9 Å². The van der Waals surface area contributed by atoms with Gasteiger partial charge in [-0.05, 0) is 117 Å². The van der Waals surface area contributed by atoms with Gasteiger partial charge in [-0.3, -0.25) is 14.6 Å². The Bertz CT molecular complexity index is 1320. The minimum atomic E-state index is -0.458. The summed E-state index contributed by atoms with van der Waals surface area (Å²) in [5.41, 5.74) is 2.70. The number of fused-ring (bicyclic) bond motifs is 3. The Morgan fingerprint density at radius 1 is 0.837 bits per heavy atom. The SMILES string of the molecule is O=C(CC1CCN(C/C=C/c2ccc(OC3CN4CCC3CC4)cc2)CC1)NC(c1ccc(F)cc1)c1ccc(F)cc1. The maximum Gasteiger partial charge on any atom is 0.221 e. The van der Waals surface area contributed by atoms with Gasteiger partial charge in [-0.15, -0.1) is 0 Å². The third-order valence-corrected chi connectivity index (χ3v) is 9.33. The van der Waals surface area contributed by atoms with E-state index in [1.54, 1.807) is 24.3 Å². The fourth-order valence-electron chi connectivity index (χ4n) is 6.74. The number of halogens is 2. The lowest BCUT2D eigenvalue weighted by molar-refractivity contribution is -0.122. The number of hydrogen-bond acceptors (Lipinski definition) is 4. The standard InChI is InChI=1S/C36H41F2N3O2/c37-31-9-5-29(6-10-31)36(30-7-11-32(38)12-8-30)39-35(42)24-27-15-20-40(21-16-27)19-1-2-26-3-13-33(14-4-26)43-34-25-41-22-17-28(34)18-23-41/h1-14,27-28,34,36H,15-25H2,(H,39,42)/b2-1+. The Labute approximate surface area is 253 Å². The van der Waals surface area contributed by atoms with Crippen LogP contribution in [-0.2, 0) is 4.79 Å². The van der Waals surface area contributed by atoms with Crippen molar-refractivity contribution in [3.05, 3.63) is 107 Å². The second-order valence-corrected chi connectivity index (χ2v) is 12.3. The molecule has 0 aromatic heterocycles. The van der Waals surface area contributed by atoms with Crippen LogP contribution in [-0.4, -0.2) is 61.1 Å². The van der Waals surface area contributed by atoms with E-state index in [9.17, 15) is 13.6 Å². The van der Waals surface area contributed by atoms with Crippen LogP contribution in [0, 0.1) is 23.5 Å². The zero-order valence-electron chi connectivity index (χ0n) is 24.6. The predicted molar refractivity (Wildman–Crippen MR) is 166 cm³/mol.